The molecule has 0 unspecified atom stereocenters. The molecule has 7 aromatic rings. The van der Waals surface area contributed by atoms with Gasteiger partial charge in [-0.3, -0.25) is 14.6 Å². The zero-order valence-electron chi connectivity index (χ0n) is 26.5. The number of nitrogens with zero attached hydrogens (tertiary/aromatic N) is 5. The number of rotatable bonds is 10. The van der Waals surface area contributed by atoms with Gasteiger partial charge in [-0.15, -0.1) is 0 Å². The van der Waals surface area contributed by atoms with Gasteiger partial charge in [0.05, 0.1) is 34.7 Å². The van der Waals surface area contributed by atoms with Crippen LogP contribution in [0, 0.1) is 11.3 Å². The van der Waals surface area contributed by atoms with Crippen LogP contribution in [0.5, 0.6) is 0 Å². The number of aromatic nitrogens is 6. The molecular weight excluding hydrogens is 632 g/mol. The number of hydrogen-bond acceptors (Lipinski definition) is 5. The van der Waals surface area contributed by atoms with E-state index in [9.17, 15) is 4.79 Å². The predicted molar refractivity (Wildman–Crippen MR) is 189 cm³/mol. The van der Waals surface area contributed by atoms with E-state index in [1.807, 2.05) is 79.9 Å². The number of carbonyl (C=O) groups is 1. The Hall–Kier alpha value is -6.24. The van der Waals surface area contributed by atoms with Crippen molar-refractivity contribution in [2.24, 2.45) is 0 Å². The first-order valence-electron chi connectivity index (χ1n) is 15.8. The lowest BCUT2D eigenvalue weighted by Crippen LogP contribution is -2.36. The minimum absolute atomic E-state index is 0.237. The lowest BCUT2D eigenvalue weighted by Gasteiger charge is -2.34. The number of imidazole rings is 1. The summed E-state index contributed by atoms with van der Waals surface area (Å²) in [6, 6.07) is 41.6. The van der Waals surface area contributed by atoms with Crippen molar-refractivity contribution in [1.82, 2.24) is 35.3 Å². The maximum absolute atomic E-state index is 13.3. The van der Waals surface area contributed by atoms with Crippen LogP contribution < -0.4 is 5.32 Å². The zero-order chi connectivity index (χ0) is 33.8. The molecule has 1 amide bonds. The third-order valence-corrected chi connectivity index (χ3v) is 8.83. The van der Waals surface area contributed by atoms with Crippen LogP contribution in [0.2, 0.25) is 5.02 Å². The Morgan fingerprint density at radius 3 is 2.12 bits per heavy atom. The highest BCUT2D eigenvalue weighted by atomic mass is 35.5. The van der Waals surface area contributed by atoms with Gasteiger partial charge >= 0.3 is 0 Å². The van der Waals surface area contributed by atoms with E-state index in [4.69, 9.17) is 21.8 Å². The van der Waals surface area contributed by atoms with Crippen LogP contribution in [0.1, 0.15) is 45.5 Å². The summed E-state index contributed by atoms with van der Waals surface area (Å²) in [4.78, 5) is 21.8. The highest BCUT2D eigenvalue weighted by molar-refractivity contribution is 6.32. The molecule has 0 saturated carbocycles. The third-order valence-electron chi connectivity index (χ3n) is 8.51. The van der Waals surface area contributed by atoms with Gasteiger partial charge in [-0.2, -0.15) is 15.5 Å². The van der Waals surface area contributed by atoms with Crippen molar-refractivity contribution in [3.8, 4) is 28.7 Å². The lowest BCUT2D eigenvalue weighted by atomic mass is 9.69. The smallest absolute Gasteiger partial charge is 0.269 e. The molecule has 0 saturated heterocycles. The molecular formula is C39H31ClN8O. The third kappa shape index (κ3) is 6.13. The maximum Gasteiger partial charge on any atom is 0.269 e. The van der Waals surface area contributed by atoms with Gasteiger partial charge < -0.3 is 10.3 Å². The number of nitriles is 1. The molecule has 0 fully saturated rings. The van der Waals surface area contributed by atoms with Crippen LogP contribution in [0.25, 0.3) is 22.6 Å². The van der Waals surface area contributed by atoms with Gasteiger partial charge in [0.1, 0.15) is 28.7 Å². The van der Waals surface area contributed by atoms with Crippen LogP contribution in [0.3, 0.4) is 0 Å². The first kappa shape index (κ1) is 31.4. The fraction of sp³-hybridized carbons (Fsp3) is 0.103. The largest absolute Gasteiger partial charge is 0.346 e. The molecule has 0 aliphatic heterocycles. The Morgan fingerprint density at radius 2 is 1.53 bits per heavy atom. The second-order valence-corrected chi connectivity index (χ2v) is 12.2. The Balaban J connectivity index is 1.11. The summed E-state index contributed by atoms with van der Waals surface area (Å²) in [7, 11) is 0. The van der Waals surface area contributed by atoms with Gasteiger partial charge in [0.15, 0.2) is 0 Å². The van der Waals surface area contributed by atoms with Gasteiger partial charge in [-0.05, 0) is 47.9 Å². The van der Waals surface area contributed by atoms with Crippen LogP contribution in [-0.4, -0.2) is 41.9 Å². The number of benzene rings is 4. The molecule has 9 nitrogen and oxygen atoms in total. The quantitative estimate of drug-likeness (QED) is 0.132. The molecule has 240 valence electrons. The Labute approximate surface area is 288 Å². The summed E-state index contributed by atoms with van der Waals surface area (Å²) in [5.74, 6) is 0.444. The second-order valence-electron chi connectivity index (χ2n) is 11.8. The normalized spacial score (nSPS) is 11.9. The van der Waals surface area contributed by atoms with E-state index in [0.29, 0.717) is 34.2 Å². The number of aromatic amines is 2. The summed E-state index contributed by atoms with van der Waals surface area (Å²) in [6.07, 6.45) is 3.60. The standard InChI is InChI=1S/C39H31ClN8O/c1-26(25-48-20-19-33(47-48)27-17-18-28(23-41)32(40)21-27)43-37(49)35-22-34(45-46-35)36-24-42-38(44-36)39(29-11-5-2-6-12-29,30-13-7-3-8-14-30)31-15-9-4-10-16-31/h2-22,24,26H,25H2,1H3,(H,42,44)(H,43,49)(H,45,46)/t26-/m0/s1. The van der Waals surface area contributed by atoms with Crippen LogP contribution in [-0.2, 0) is 12.0 Å². The summed E-state index contributed by atoms with van der Waals surface area (Å²) in [6.45, 7) is 2.35. The topological polar surface area (TPSA) is 128 Å². The van der Waals surface area contributed by atoms with E-state index in [1.54, 1.807) is 29.1 Å². The first-order valence-corrected chi connectivity index (χ1v) is 16.2. The van der Waals surface area contributed by atoms with Crippen molar-refractivity contribution in [2.75, 3.05) is 0 Å². The molecule has 10 heteroatoms. The van der Waals surface area contributed by atoms with E-state index in [-0.39, 0.29) is 11.9 Å². The molecule has 4 aromatic carbocycles. The lowest BCUT2D eigenvalue weighted by molar-refractivity contribution is 0.0931. The number of halogens is 1. The second kappa shape index (κ2) is 13.5. The van der Waals surface area contributed by atoms with E-state index >= 15 is 0 Å². The average molecular weight is 663 g/mol. The fourth-order valence-corrected chi connectivity index (χ4v) is 6.43. The molecule has 3 aromatic heterocycles. The summed E-state index contributed by atoms with van der Waals surface area (Å²) in [5.41, 5.74) is 5.97. The molecule has 49 heavy (non-hydrogen) atoms. The van der Waals surface area contributed by atoms with Crippen molar-refractivity contribution < 1.29 is 4.79 Å². The molecule has 0 spiro atoms. The van der Waals surface area contributed by atoms with Crippen LogP contribution in [0.4, 0.5) is 0 Å². The molecule has 3 heterocycles. The number of H-pyrrole nitrogens is 2. The van der Waals surface area contributed by atoms with Crippen LogP contribution >= 0.6 is 11.6 Å². The molecule has 0 bridgehead atoms. The SMILES string of the molecule is C[C@@H](Cn1ccc(-c2ccc(C#N)c(Cl)c2)n1)NC(=O)c1cc(-c2cnc(C(c3ccccc3)(c3ccccc3)c3ccccc3)[nH]2)n[nH]1. The number of amides is 1. The minimum atomic E-state index is -0.729. The maximum atomic E-state index is 13.3. The van der Waals surface area contributed by atoms with E-state index in [0.717, 1.165) is 33.8 Å². The molecule has 0 radical (unpaired) electrons. The highest BCUT2D eigenvalue weighted by Crippen LogP contribution is 2.44. The Morgan fingerprint density at radius 1 is 0.898 bits per heavy atom. The average Bonchev–Trinajstić information content (AvgIpc) is 3.92. The molecule has 1 atom stereocenters. The van der Waals surface area contributed by atoms with Crippen LogP contribution in [0.15, 0.2) is 134 Å². The van der Waals surface area contributed by atoms with Gasteiger partial charge in [-0.1, -0.05) is 109 Å². The Kier molecular flexibility index (Phi) is 8.62. The molecule has 3 N–H and O–H groups in total. The summed E-state index contributed by atoms with van der Waals surface area (Å²) < 4.78 is 1.76. The van der Waals surface area contributed by atoms with Gasteiger partial charge in [0, 0.05) is 17.8 Å². The van der Waals surface area contributed by atoms with Gasteiger partial charge in [-0.25, -0.2) is 4.98 Å². The fourth-order valence-electron chi connectivity index (χ4n) is 6.20. The predicted octanol–water partition coefficient (Wildman–Crippen LogP) is 7.39. The van der Waals surface area contributed by atoms with Crippen molar-refractivity contribution in [2.45, 2.75) is 24.9 Å². The monoisotopic (exact) mass is 662 g/mol. The number of hydrogen-bond donors (Lipinski definition) is 3. The van der Waals surface area contributed by atoms with E-state index < -0.39 is 5.41 Å². The molecule has 0 aliphatic carbocycles. The number of carbonyl (C=O) groups excluding carboxylic acids is 1. The van der Waals surface area contributed by atoms with E-state index in [1.165, 1.54) is 0 Å². The molecule has 7 rings (SSSR count). The number of nitrogens with one attached hydrogen (secondary N) is 3. The zero-order valence-corrected chi connectivity index (χ0v) is 27.3. The van der Waals surface area contributed by atoms with Gasteiger partial charge in [0.25, 0.3) is 5.91 Å². The first-order chi connectivity index (χ1) is 23.9. The van der Waals surface area contributed by atoms with Crippen molar-refractivity contribution in [3.05, 3.63) is 173 Å². The van der Waals surface area contributed by atoms with Crippen molar-refractivity contribution in [1.29, 1.82) is 5.26 Å². The van der Waals surface area contributed by atoms with E-state index in [2.05, 4.69) is 68.1 Å². The summed E-state index contributed by atoms with van der Waals surface area (Å²) >= 11 is 6.21. The minimum Gasteiger partial charge on any atom is -0.346 e. The summed E-state index contributed by atoms with van der Waals surface area (Å²) in [5, 5.41) is 24.5. The molecule has 0 aliphatic rings. The van der Waals surface area contributed by atoms with Crippen molar-refractivity contribution >= 4 is 17.5 Å². The van der Waals surface area contributed by atoms with Crippen molar-refractivity contribution in [3.63, 3.8) is 0 Å². The highest BCUT2D eigenvalue weighted by Gasteiger charge is 2.41. The van der Waals surface area contributed by atoms with Gasteiger partial charge in [0.2, 0.25) is 0 Å². The Bertz CT molecular complexity index is 2150.